The highest BCUT2D eigenvalue weighted by Gasteiger charge is 2.06. The number of nitrogens with one attached hydrogen (secondary N) is 2. The molecule has 2 aromatic carbocycles. The molecular formula is C15H13ClF2N2S2. The van der Waals surface area contributed by atoms with Crippen LogP contribution in [0.1, 0.15) is 5.56 Å². The summed E-state index contributed by atoms with van der Waals surface area (Å²) in [5.41, 5.74) is 2.54. The molecule has 0 radical (unpaired) electrons. The molecule has 22 heavy (non-hydrogen) atoms. The van der Waals surface area contributed by atoms with Crippen molar-refractivity contribution in [3.05, 3.63) is 53.1 Å². The quantitative estimate of drug-likeness (QED) is 0.535. The smallest absolute Gasteiger partial charge is 0.288 e. The van der Waals surface area contributed by atoms with E-state index >= 15 is 0 Å². The molecule has 2 N–H and O–H groups in total. The lowest BCUT2D eigenvalue weighted by Crippen LogP contribution is -2.19. The Hall–Kier alpha value is -1.37. The number of alkyl halides is 2. The van der Waals surface area contributed by atoms with Crippen LogP contribution in [0, 0.1) is 6.92 Å². The van der Waals surface area contributed by atoms with Crippen molar-refractivity contribution in [3.63, 3.8) is 0 Å². The first-order valence-corrected chi connectivity index (χ1v) is 7.99. The van der Waals surface area contributed by atoms with Crippen LogP contribution < -0.4 is 10.6 Å². The highest BCUT2D eigenvalue weighted by Crippen LogP contribution is 2.26. The van der Waals surface area contributed by atoms with E-state index in [9.17, 15) is 8.78 Å². The molecule has 7 heteroatoms. The molecule has 0 bridgehead atoms. The van der Waals surface area contributed by atoms with Crippen LogP contribution in [0.2, 0.25) is 5.02 Å². The van der Waals surface area contributed by atoms with E-state index in [0.717, 1.165) is 16.9 Å². The van der Waals surface area contributed by atoms with Crippen LogP contribution >= 0.6 is 35.6 Å². The van der Waals surface area contributed by atoms with Crippen molar-refractivity contribution in [2.24, 2.45) is 0 Å². The van der Waals surface area contributed by atoms with Gasteiger partial charge in [0.2, 0.25) is 0 Å². The van der Waals surface area contributed by atoms with Gasteiger partial charge in [-0.1, -0.05) is 29.4 Å². The summed E-state index contributed by atoms with van der Waals surface area (Å²) in [5, 5.41) is 7.07. The predicted octanol–water partition coefficient (Wildman–Crippen LogP) is 5.77. The van der Waals surface area contributed by atoms with E-state index in [1.165, 1.54) is 0 Å². The summed E-state index contributed by atoms with van der Waals surface area (Å²) < 4.78 is 24.5. The molecule has 0 aromatic heterocycles. The van der Waals surface area contributed by atoms with Crippen LogP contribution in [-0.2, 0) is 0 Å². The minimum atomic E-state index is -2.42. The number of hydrogen-bond acceptors (Lipinski definition) is 2. The molecule has 2 nitrogen and oxygen atoms in total. The van der Waals surface area contributed by atoms with Gasteiger partial charge in [0.15, 0.2) is 5.11 Å². The summed E-state index contributed by atoms with van der Waals surface area (Å²) in [4.78, 5) is 0.505. The van der Waals surface area contributed by atoms with Gasteiger partial charge in [-0.05, 0) is 61.1 Å². The van der Waals surface area contributed by atoms with Crippen molar-refractivity contribution >= 4 is 52.1 Å². The van der Waals surface area contributed by atoms with E-state index in [1.54, 1.807) is 36.4 Å². The molecule has 0 heterocycles. The van der Waals surface area contributed by atoms with Gasteiger partial charge in [0.1, 0.15) is 0 Å². The van der Waals surface area contributed by atoms with E-state index in [0.29, 0.717) is 26.8 Å². The van der Waals surface area contributed by atoms with Crippen LogP contribution in [0.25, 0.3) is 0 Å². The molecule has 0 aliphatic rings. The maximum Gasteiger partial charge on any atom is 0.288 e. The molecule has 0 fully saturated rings. The van der Waals surface area contributed by atoms with Crippen LogP contribution in [0.3, 0.4) is 0 Å². The number of anilines is 2. The molecule has 0 saturated carbocycles. The van der Waals surface area contributed by atoms with Crippen molar-refractivity contribution in [2.75, 3.05) is 10.6 Å². The van der Waals surface area contributed by atoms with Crippen molar-refractivity contribution in [1.29, 1.82) is 0 Å². The lowest BCUT2D eigenvalue weighted by atomic mass is 10.2. The average Bonchev–Trinajstić information content (AvgIpc) is 2.44. The average molecular weight is 359 g/mol. The summed E-state index contributed by atoms with van der Waals surface area (Å²) in [6, 6.07) is 12.1. The summed E-state index contributed by atoms with van der Waals surface area (Å²) >= 11 is 11.7. The largest absolute Gasteiger partial charge is 0.332 e. The van der Waals surface area contributed by atoms with Crippen molar-refractivity contribution in [2.45, 2.75) is 17.6 Å². The zero-order chi connectivity index (χ0) is 16.1. The standard InChI is InChI=1S/C15H13ClF2N2S2/c1-9-2-3-10(16)8-13(9)20-15(21)19-11-4-6-12(7-5-11)22-14(17)18/h2-8,14H,1H3,(H2,19,20,21). The summed E-state index contributed by atoms with van der Waals surface area (Å²) in [5.74, 6) is -2.42. The third-order valence-corrected chi connectivity index (χ3v) is 3.95. The minimum absolute atomic E-state index is 0.402. The monoisotopic (exact) mass is 358 g/mol. The Balaban J connectivity index is 1.98. The molecule has 0 amide bonds. The number of thiocarbonyl (C=S) groups is 1. The Bertz CT molecular complexity index is 663. The fourth-order valence-corrected chi connectivity index (χ4v) is 2.63. The van der Waals surface area contributed by atoms with Crippen molar-refractivity contribution < 1.29 is 8.78 Å². The number of aryl methyl sites for hydroxylation is 1. The van der Waals surface area contributed by atoms with E-state index in [4.69, 9.17) is 23.8 Å². The Labute approximate surface area is 142 Å². The second-order valence-corrected chi connectivity index (χ2v) is 6.35. The van der Waals surface area contributed by atoms with Gasteiger partial charge in [0, 0.05) is 21.3 Å². The van der Waals surface area contributed by atoms with Gasteiger partial charge in [0.05, 0.1) is 0 Å². The normalized spacial score (nSPS) is 10.6. The molecule has 0 atom stereocenters. The number of rotatable bonds is 4. The van der Waals surface area contributed by atoms with Crippen LogP contribution in [0.15, 0.2) is 47.4 Å². The first-order valence-electron chi connectivity index (χ1n) is 6.33. The van der Waals surface area contributed by atoms with Gasteiger partial charge < -0.3 is 10.6 Å². The second-order valence-electron chi connectivity index (χ2n) is 4.44. The van der Waals surface area contributed by atoms with Crippen LogP contribution in [0.4, 0.5) is 20.2 Å². The highest BCUT2D eigenvalue weighted by molar-refractivity contribution is 7.99. The maximum atomic E-state index is 12.2. The van der Waals surface area contributed by atoms with E-state index in [-0.39, 0.29) is 0 Å². The number of thioether (sulfide) groups is 1. The van der Waals surface area contributed by atoms with Gasteiger partial charge in [-0.3, -0.25) is 0 Å². The molecule has 0 spiro atoms. The number of benzene rings is 2. The van der Waals surface area contributed by atoms with E-state index in [1.807, 2.05) is 13.0 Å². The summed E-state index contributed by atoms with van der Waals surface area (Å²) in [6.45, 7) is 1.94. The van der Waals surface area contributed by atoms with Gasteiger partial charge in [-0.25, -0.2) is 0 Å². The third-order valence-electron chi connectivity index (χ3n) is 2.79. The third kappa shape index (κ3) is 5.12. The summed E-state index contributed by atoms with van der Waals surface area (Å²) in [6.07, 6.45) is 0. The number of hydrogen-bond donors (Lipinski definition) is 2. The molecule has 2 aromatic rings. The lowest BCUT2D eigenvalue weighted by Gasteiger charge is -2.13. The Morgan fingerprint density at radius 2 is 1.82 bits per heavy atom. The zero-order valence-corrected chi connectivity index (χ0v) is 14.0. The van der Waals surface area contributed by atoms with Gasteiger partial charge in [-0.2, -0.15) is 8.78 Å². The first kappa shape index (κ1) is 17.0. The molecule has 0 unspecified atom stereocenters. The summed E-state index contributed by atoms with van der Waals surface area (Å²) in [7, 11) is 0. The topological polar surface area (TPSA) is 24.1 Å². The molecule has 2 rings (SSSR count). The first-order chi connectivity index (χ1) is 10.4. The van der Waals surface area contributed by atoms with Gasteiger partial charge >= 0.3 is 0 Å². The zero-order valence-electron chi connectivity index (χ0n) is 11.6. The minimum Gasteiger partial charge on any atom is -0.332 e. The lowest BCUT2D eigenvalue weighted by molar-refractivity contribution is 0.252. The Kier molecular flexibility index (Phi) is 5.99. The molecule has 0 aliphatic carbocycles. The second kappa shape index (κ2) is 7.76. The van der Waals surface area contributed by atoms with E-state index < -0.39 is 5.76 Å². The SMILES string of the molecule is Cc1ccc(Cl)cc1NC(=S)Nc1ccc(SC(F)F)cc1. The fourth-order valence-electron chi connectivity index (χ4n) is 1.73. The molecule has 0 saturated heterocycles. The maximum absolute atomic E-state index is 12.2. The van der Waals surface area contributed by atoms with Crippen molar-refractivity contribution in [1.82, 2.24) is 0 Å². The van der Waals surface area contributed by atoms with Gasteiger partial charge in [0.25, 0.3) is 5.76 Å². The Morgan fingerprint density at radius 1 is 1.14 bits per heavy atom. The van der Waals surface area contributed by atoms with Crippen LogP contribution in [-0.4, -0.2) is 10.9 Å². The van der Waals surface area contributed by atoms with Crippen LogP contribution in [0.5, 0.6) is 0 Å². The van der Waals surface area contributed by atoms with E-state index in [2.05, 4.69) is 10.6 Å². The molecular weight excluding hydrogens is 346 g/mol. The fraction of sp³-hybridized carbons (Fsp3) is 0.133. The number of halogens is 3. The molecule has 0 aliphatic heterocycles. The van der Waals surface area contributed by atoms with Gasteiger partial charge in [-0.15, -0.1) is 0 Å². The van der Waals surface area contributed by atoms with Crippen molar-refractivity contribution in [3.8, 4) is 0 Å². The highest BCUT2D eigenvalue weighted by atomic mass is 35.5. The Morgan fingerprint density at radius 3 is 2.45 bits per heavy atom. The predicted molar refractivity (Wildman–Crippen MR) is 94.3 cm³/mol. The molecule has 116 valence electrons.